The highest BCUT2D eigenvalue weighted by Crippen LogP contribution is 2.24. The van der Waals surface area contributed by atoms with Crippen molar-refractivity contribution in [1.29, 1.82) is 0 Å². The quantitative estimate of drug-likeness (QED) is 0.818. The molecule has 0 saturated carbocycles. The monoisotopic (exact) mass is 314 g/mol. The van der Waals surface area contributed by atoms with E-state index in [0.717, 1.165) is 6.07 Å². The van der Waals surface area contributed by atoms with Crippen LogP contribution in [-0.2, 0) is 0 Å². The smallest absolute Gasteiger partial charge is 0.340 e. The number of hydrogen-bond acceptors (Lipinski definition) is 3. The molecule has 0 fully saturated rings. The molecule has 0 amide bonds. The molecule has 0 radical (unpaired) electrons. The van der Waals surface area contributed by atoms with Gasteiger partial charge in [-0.15, -0.1) is 0 Å². The van der Waals surface area contributed by atoms with Gasteiger partial charge >= 0.3 is 5.97 Å². The number of alkyl halides is 2. The van der Waals surface area contributed by atoms with E-state index in [-0.39, 0.29) is 15.0 Å². The molecule has 7 heteroatoms. The van der Waals surface area contributed by atoms with Crippen LogP contribution in [0.15, 0.2) is 6.07 Å². The van der Waals surface area contributed by atoms with Crippen molar-refractivity contribution in [3.8, 4) is 0 Å². The number of aromatic carboxylic acids is 1. The summed E-state index contributed by atoms with van der Waals surface area (Å²) >= 11 is 1.63. The van der Waals surface area contributed by atoms with Gasteiger partial charge in [-0.05, 0) is 28.7 Å². The molecule has 76 valence electrons. The van der Waals surface area contributed by atoms with Gasteiger partial charge in [0.2, 0.25) is 0 Å². The zero-order valence-electron chi connectivity index (χ0n) is 6.67. The Morgan fingerprint density at radius 1 is 1.64 bits per heavy atom. The number of carboxylic acids is 1. The second-order valence-corrected chi connectivity index (χ2v) is 3.56. The van der Waals surface area contributed by atoms with Crippen LogP contribution in [-0.4, -0.2) is 16.1 Å². The summed E-state index contributed by atoms with van der Waals surface area (Å²) in [6, 6.07) is 1.00. The fourth-order valence-corrected chi connectivity index (χ4v) is 1.70. The van der Waals surface area contributed by atoms with E-state index < -0.39 is 18.1 Å². The normalized spacial score (nSPS) is 10.6. The molecule has 1 aromatic rings. The average molecular weight is 314 g/mol. The molecular weight excluding hydrogens is 309 g/mol. The highest BCUT2D eigenvalue weighted by molar-refractivity contribution is 14.1. The van der Waals surface area contributed by atoms with E-state index in [1.807, 2.05) is 0 Å². The van der Waals surface area contributed by atoms with Crippen molar-refractivity contribution in [2.45, 2.75) is 6.43 Å². The third-order valence-corrected chi connectivity index (χ3v) is 2.31. The highest BCUT2D eigenvalue weighted by atomic mass is 127. The molecule has 1 aromatic heterocycles. The number of hydrogen-bond donors (Lipinski definition) is 2. The van der Waals surface area contributed by atoms with Crippen molar-refractivity contribution in [2.24, 2.45) is 0 Å². The molecule has 0 unspecified atom stereocenters. The van der Waals surface area contributed by atoms with Gasteiger partial charge in [0.25, 0.3) is 6.43 Å². The lowest BCUT2D eigenvalue weighted by atomic mass is 10.2. The summed E-state index contributed by atoms with van der Waals surface area (Å²) in [6.07, 6.45) is -2.76. The number of nitrogen functional groups attached to an aromatic ring is 1. The number of carboxylic acid groups (broad SMARTS) is 1. The van der Waals surface area contributed by atoms with Gasteiger partial charge in [0, 0.05) is 3.57 Å². The van der Waals surface area contributed by atoms with Crippen molar-refractivity contribution in [3.63, 3.8) is 0 Å². The fraction of sp³-hybridized carbons (Fsp3) is 0.143. The Bertz CT molecular complexity index is 361. The first-order valence-electron chi connectivity index (χ1n) is 3.41. The molecule has 0 aliphatic heterocycles. The van der Waals surface area contributed by atoms with Crippen LogP contribution in [0, 0.1) is 3.57 Å². The first-order valence-corrected chi connectivity index (χ1v) is 4.48. The minimum absolute atomic E-state index is 0.151. The van der Waals surface area contributed by atoms with Crippen molar-refractivity contribution < 1.29 is 18.7 Å². The molecule has 0 aliphatic carbocycles. The Hall–Kier alpha value is -0.990. The second-order valence-electron chi connectivity index (χ2n) is 2.40. The molecule has 0 atom stereocenters. The summed E-state index contributed by atoms with van der Waals surface area (Å²) in [4.78, 5) is 13.9. The summed E-state index contributed by atoms with van der Waals surface area (Å²) in [6.45, 7) is 0. The molecule has 0 spiro atoms. The molecule has 1 heterocycles. The summed E-state index contributed by atoms with van der Waals surface area (Å²) in [5.41, 5.74) is 4.47. The SMILES string of the molecule is Nc1nc(C(F)F)cc(I)c1C(=O)O. The van der Waals surface area contributed by atoms with Crippen molar-refractivity contribution >= 4 is 34.4 Å². The number of aromatic nitrogens is 1. The number of nitrogens with two attached hydrogens (primary N) is 1. The molecule has 0 aromatic carbocycles. The zero-order valence-corrected chi connectivity index (χ0v) is 8.83. The molecule has 0 saturated heterocycles. The Balaban J connectivity index is 3.32. The molecule has 14 heavy (non-hydrogen) atoms. The largest absolute Gasteiger partial charge is 0.478 e. The molecule has 0 aliphatic rings. The Morgan fingerprint density at radius 3 is 2.57 bits per heavy atom. The molecule has 4 nitrogen and oxygen atoms in total. The van der Waals surface area contributed by atoms with E-state index in [0.29, 0.717) is 0 Å². The third-order valence-electron chi connectivity index (χ3n) is 1.46. The molecule has 1 rings (SSSR count). The van der Waals surface area contributed by atoms with Crippen LogP contribution in [0.5, 0.6) is 0 Å². The van der Waals surface area contributed by atoms with E-state index in [9.17, 15) is 13.6 Å². The van der Waals surface area contributed by atoms with E-state index in [2.05, 4.69) is 4.98 Å². The minimum Gasteiger partial charge on any atom is -0.478 e. The predicted molar refractivity (Wildman–Crippen MR) is 53.3 cm³/mol. The number of rotatable bonds is 2. The van der Waals surface area contributed by atoms with Gasteiger partial charge in [-0.3, -0.25) is 0 Å². The zero-order chi connectivity index (χ0) is 10.9. The van der Waals surface area contributed by atoms with Crippen LogP contribution in [0.3, 0.4) is 0 Å². The number of anilines is 1. The van der Waals surface area contributed by atoms with E-state index >= 15 is 0 Å². The third kappa shape index (κ3) is 2.08. The van der Waals surface area contributed by atoms with Gasteiger partial charge in [0.1, 0.15) is 17.1 Å². The summed E-state index contributed by atoms with van der Waals surface area (Å²) < 4.78 is 24.5. The summed E-state index contributed by atoms with van der Waals surface area (Å²) in [7, 11) is 0. The number of pyridine rings is 1. The van der Waals surface area contributed by atoms with Gasteiger partial charge in [-0.1, -0.05) is 0 Å². The van der Waals surface area contributed by atoms with Crippen LogP contribution in [0.25, 0.3) is 0 Å². The van der Waals surface area contributed by atoms with E-state index in [1.54, 1.807) is 22.6 Å². The molecular formula is C7H5F2IN2O2. The van der Waals surface area contributed by atoms with Crippen molar-refractivity contribution in [2.75, 3.05) is 5.73 Å². The standard InChI is InChI=1S/C7H5F2IN2O2/c8-5(9)3-1-2(10)4(7(13)14)6(11)12-3/h1,5H,(H2,11,12)(H,13,14). The highest BCUT2D eigenvalue weighted by Gasteiger charge is 2.18. The first-order chi connectivity index (χ1) is 6.43. The maximum absolute atomic E-state index is 12.2. The topological polar surface area (TPSA) is 76.2 Å². The first kappa shape index (κ1) is 11.1. The minimum atomic E-state index is -2.76. The van der Waals surface area contributed by atoms with E-state index in [1.165, 1.54) is 0 Å². The predicted octanol–water partition coefficient (Wildman–Crippen LogP) is 1.90. The van der Waals surface area contributed by atoms with Crippen molar-refractivity contribution in [1.82, 2.24) is 4.98 Å². The van der Waals surface area contributed by atoms with Gasteiger partial charge < -0.3 is 10.8 Å². The Kier molecular flexibility index (Phi) is 3.19. The van der Waals surface area contributed by atoms with E-state index in [4.69, 9.17) is 10.8 Å². The van der Waals surface area contributed by atoms with Crippen LogP contribution in [0.1, 0.15) is 22.5 Å². The van der Waals surface area contributed by atoms with Crippen LogP contribution >= 0.6 is 22.6 Å². The van der Waals surface area contributed by atoms with Gasteiger partial charge in [-0.25, -0.2) is 18.6 Å². The lowest BCUT2D eigenvalue weighted by Crippen LogP contribution is -2.09. The van der Waals surface area contributed by atoms with Gasteiger partial charge in [0.05, 0.1) is 0 Å². The molecule has 3 N–H and O–H groups in total. The summed E-state index contributed by atoms with van der Waals surface area (Å²) in [5.74, 6) is -1.67. The van der Waals surface area contributed by atoms with Gasteiger partial charge in [-0.2, -0.15) is 0 Å². The lowest BCUT2D eigenvalue weighted by Gasteiger charge is -2.05. The van der Waals surface area contributed by atoms with Crippen LogP contribution < -0.4 is 5.73 Å². The van der Waals surface area contributed by atoms with Crippen LogP contribution in [0.2, 0.25) is 0 Å². The number of halogens is 3. The average Bonchev–Trinajstić information content (AvgIpc) is 2.01. The van der Waals surface area contributed by atoms with Gasteiger partial charge in [0.15, 0.2) is 0 Å². The lowest BCUT2D eigenvalue weighted by molar-refractivity contribution is 0.0696. The molecule has 0 bridgehead atoms. The number of nitrogens with zero attached hydrogens (tertiary/aromatic N) is 1. The second kappa shape index (κ2) is 4.03. The van der Waals surface area contributed by atoms with Crippen molar-refractivity contribution in [3.05, 3.63) is 20.9 Å². The fourth-order valence-electron chi connectivity index (χ4n) is 0.875. The Labute approximate surface area is 91.3 Å². The number of carbonyl (C=O) groups is 1. The maximum Gasteiger partial charge on any atom is 0.340 e. The Morgan fingerprint density at radius 2 is 2.21 bits per heavy atom. The van der Waals surface area contributed by atoms with Crippen LogP contribution in [0.4, 0.5) is 14.6 Å². The summed E-state index contributed by atoms with van der Waals surface area (Å²) in [5, 5.41) is 8.66. The maximum atomic E-state index is 12.2.